The van der Waals surface area contributed by atoms with Crippen LogP contribution in [0.25, 0.3) is 0 Å². The lowest BCUT2D eigenvalue weighted by Gasteiger charge is -2.13. The van der Waals surface area contributed by atoms with Crippen molar-refractivity contribution in [2.24, 2.45) is 0 Å². The number of hydrogen-bond acceptors (Lipinski definition) is 5. The van der Waals surface area contributed by atoms with E-state index in [9.17, 15) is 9.59 Å². The zero-order valence-electron chi connectivity index (χ0n) is 17.0. The number of hydrogen-bond donors (Lipinski definition) is 3. The van der Waals surface area contributed by atoms with Crippen LogP contribution in [-0.4, -0.2) is 44.7 Å². The van der Waals surface area contributed by atoms with Gasteiger partial charge in [0.2, 0.25) is 5.91 Å². The van der Waals surface area contributed by atoms with Gasteiger partial charge in [-0.2, -0.15) is 0 Å². The first kappa shape index (κ1) is 22.2. The predicted octanol–water partition coefficient (Wildman–Crippen LogP) is 3.29. The van der Waals surface area contributed by atoms with Gasteiger partial charge in [0.15, 0.2) is 0 Å². The maximum Gasteiger partial charge on any atom is 0.251 e. The van der Waals surface area contributed by atoms with Crippen molar-refractivity contribution in [1.29, 1.82) is 0 Å². The summed E-state index contributed by atoms with van der Waals surface area (Å²) in [5.41, 5.74) is 1.93. The Morgan fingerprint density at radius 1 is 0.966 bits per heavy atom. The van der Waals surface area contributed by atoms with Crippen molar-refractivity contribution < 1.29 is 19.1 Å². The molecule has 0 radical (unpaired) electrons. The molecule has 7 heteroatoms. The molecule has 2 rings (SSSR count). The molecule has 0 aromatic heterocycles. The number of rotatable bonds is 12. The van der Waals surface area contributed by atoms with Crippen LogP contribution in [0.1, 0.15) is 30.6 Å². The van der Waals surface area contributed by atoms with Crippen LogP contribution in [0.4, 0.5) is 11.4 Å². The summed E-state index contributed by atoms with van der Waals surface area (Å²) in [7, 11) is 0. The maximum atomic E-state index is 12.2. The Labute approximate surface area is 171 Å². The molecule has 0 fully saturated rings. The standard InChI is InChI=1S/C22H29N3O4/c1-3-13-23-22(27)17-9-11-18(12-10-17)25-21(26)16-24-19-7-5-6-8-20(19)29-15-14-28-4-2/h5-12,24H,3-4,13-16H2,1-2H3,(H,23,27)(H,25,26). The lowest BCUT2D eigenvalue weighted by atomic mass is 10.2. The summed E-state index contributed by atoms with van der Waals surface area (Å²) in [5, 5.41) is 8.71. The first-order valence-electron chi connectivity index (χ1n) is 9.85. The maximum absolute atomic E-state index is 12.2. The fourth-order valence-corrected chi connectivity index (χ4v) is 2.52. The zero-order chi connectivity index (χ0) is 20.9. The average Bonchev–Trinajstić information content (AvgIpc) is 2.75. The van der Waals surface area contributed by atoms with Gasteiger partial charge in [-0.1, -0.05) is 19.1 Å². The van der Waals surface area contributed by atoms with Gasteiger partial charge < -0.3 is 25.4 Å². The monoisotopic (exact) mass is 399 g/mol. The number of benzene rings is 2. The largest absolute Gasteiger partial charge is 0.489 e. The Balaban J connectivity index is 1.83. The summed E-state index contributed by atoms with van der Waals surface area (Å²) < 4.78 is 11.0. The topological polar surface area (TPSA) is 88.7 Å². The average molecular weight is 399 g/mol. The van der Waals surface area contributed by atoms with Crippen LogP contribution in [0.2, 0.25) is 0 Å². The second-order valence-electron chi connectivity index (χ2n) is 6.28. The van der Waals surface area contributed by atoms with Gasteiger partial charge in [0.25, 0.3) is 5.91 Å². The number of ether oxygens (including phenoxy) is 2. The van der Waals surface area contributed by atoms with Gasteiger partial charge >= 0.3 is 0 Å². The minimum absolute atomic E-state index is 0.0879. The third kappa shape index (κ3) is 7.83. The van der Waals surface area contributed by atoms with Gasteiger partial charge in [-0.3, -0.25) is 9.59 Å². The fraction of sp³-hybridized carbons (Fsp3) is 0.364. The van der Waals surface area contributed by atoms with Gasteiger partial charge in [0.1, 0.15) is 12.4 Å². The van der Waals surface area contributed by atoms with Crippen LogP contribution in [0.3, 0.4) is 0 Å². The van der Waals surface area contributed by atoms with Crippen LogP contribution in [0, 0.1) is 0 Å². The van der Waals surface area contributed by atoms with E-state index in [0.717, 1.165) is 12.1 Å². The van der Waals surface area contributed by atoms with Gasteiger partial charge in [0.05, 0.1) is 18.8 Å². The minimum Gasteiger partial charge on any atom is -0.489 e. The molecule has 0 atom stereocenters. The van der Waals surface area contributed by atoms with Crippen LogP contribution in [0.5, 0.6) is 5.75 Å². The van der Waals surface area contributed by atoms with Crippen molar-refractivity contribution in [1.82, 2.24) is 5.32 Å². The van der Waals surface area contributed by atoms with Gasteiger partial charge in [0, 0.05) is 24.4 Å². The van der Waals surface area contributed by atoms with Crippen LogP contribution in [0.15, 0.2) is 48.5 Å². The molecule has 0 saturated heterocycles. The van der Waals surface area contributed by atoms with Crippen molar-refractivity contribution >= 4 is 23.2 Å². The summed E-state index contributed by atoms with van der Waals surface area (Å²) in [6.07, 6.45) is 0.883. The van der Waals surface area contributed by atoms with Gasteiger partial charge in [-0.25, -0.2) is 0 Å². The third-order valence-electron chi connectivity index (χ3n) is 3.98. The summed E-state index contributed by atoms with van der Waals surface area (Å²) >= 11 is 0. The first-order chi connectivity index (χ1) is 14.1. The second-order valence-corrected chi connectivity index (χ2v) is 6.28. The van der Waals surface area contributed by atoms with Gasteiger partial charge in [-0.15, -0.1) is 0 Å². The molecule has 29 heavy (non-hydrogen) atoms. The molecule has 0 bridgehead atoms. The highest BCUT2D eigenvalue weighted by atomic mass is 16.5. The molecular formula is C22H29N3O4. The highest BCUT2D eigenvalue weighted by molar-refractivity contribution is 5.96. The number of carbonyl (C=O) groups is 2. The molecule has 0 aliphatic rings. The van der Waals surface area contributed by atoms with E-state index in [0.29, 0.717) is 43.4 Å². The van der Waals surface area contributed by atoms with Crippen molar-refractivity contribution in [3.63, 3.8) is 0 Å². The van der Waals surface area contributed by atoms with E-state index >= 15 is 0 Å². The molecule has 0 heterocycles. The molecule has 0 saturated carbocycles. The smallest absolute Gasteiger partial charge is 0.251 e. The SMILES string of the molecule is CCCNC(=O)c1ccc(NC(=O)CNc2ccccc2OCCOCC)cc1. The molecule has 156 valence electrons. The van der Waals surface area contributed by atoms with E-state index in [2.05, 4.69) is 16.0 Å². The number of nitrogens with one attached hydrogen (secondary N) is 3. The number of anilines is 2. The van der Waals surface area contributed by atoms with Crippen LogP contribution < -0.4 is 20.7 Å². The Kier molecular flexibility index (Phi) is 9.51. The fourth-order valence-electron chi connectivity index (χ4n) is 2.52. The van der Waals surface area contributed by atoms with E-state index < -0.39 is 0 Å². The first-order valence-corrected chi connectivity index (χ1v) is 9.85. The molecule has 3 N–H and O–H groups in total. The minimum atomic E-state index is -0.197. The van der Waals surface area contributed by atoms with Crippen molar-refractivity contribution in [3.05, 3.63) is 54.1 Å². The number of para-hydroxylation sites is 2. The Morgan fingerprint density at radius 2 is 1.72 bits per heavy atom. The quantitative estimate of drug-likeness (QED) is 0.477. The Hall–Kier alpha value is -3.06. The van der Waals surface area contributed by atoms with Crippen molar-refractivity contribution in [3.8, 4) is 5.75 Å². The van der Waals surface area contributed by atoms with Crippen LogP contribution >= 0.6 is 0 Å². The molecule has 0 spiro atoms. The molecule has 2 aromatic rings. The summed E-state index contributed by atoms with van der Waals surface area (Å²) in [6.45, 7) is 6.26. The van der Waals surface area contributed by atoms with Crippen molar-refractivity contribution in [2.75, 3.05) is 43.5 Å². The van der Waals surface area contributed by atoms with E-state index in [4.69, 9.17) is 9.47 Å². The molecular weight excluding hydrogens is 370 g/mol. The lowest BCUT2D eigenvalue weighted by molar-refractivity contribution is -0.114. The summed E-state index contributed by atoms with van der Waals surface area (Å²) in [5.74, 6) is 0.354. The summed E-state index contributed by atoms with van der Waals surface area (Å²) in [4.78, 5) is 24.2. The molecule has 2 amide bonds. The normalized spacial score (nSPS) is 10.3. The second kappa shape index (κ2) is 12.4. The highest BCUT2D eigenvalue weighted by Gasteiger charge is 2.08. The number of amides is 2. The molecule has 0 aliphatic carbocycles. The van der Waals surface area contributed by atoms with Gasteiger partial charge in [-0.05, 0) is 49.7 Å². The van der Waals surface area contributed by atoms with E-state index in [-0.39, 0.29) is 18.4 Å². The number of carbonyl (C=O) groups excluding carboxylic acids is 2. The zero-order valence-corrected chi connectivity index (χ0v) is 17.0. The lowest BCUT2D eigenvalue weighted by Crippen LogP contribution is -2.24. The van der Waals surface area contributed by atoms with E-state index in [1.165, 1.54) is 0 Å². The van der Waals surface area contributed by atoms with E-state index in [1.54, 1.807) is 24.3 Å². The predicted molar refractivity (Wildman–Crippen MR) is 115 cm³/mol. The molecule has 2 aromatic carbocycles. The molecule has 0 unspecified atom stereocenters. The Bertz CT molecular complexity index is 778. The van der Waals surface area contributed by atoms with E-state index in [1.807, 2.05) is 38.1 Å². The summed E-state index contributed by atoms with van der Waals surface area (Å²) in [6, 6.07) is 14.2. The highest BCUT2D eigenvalue weighted by Crippen LogP contribution is 2.23. The molecule has 7 nitrogen and oxygen atoms in total. The Morgan fingerprint density at radius 3 is 2.45 bits per heavy atom. The van der Waals surface area contributed by atoms with Crippen molar-refractivity contribution in [2.45, 2.75) is 20.3 Å². The molecule has 0 aliphatic heterocycles. The van der Waals surface area contributed by atoms with Crippen LogP contribution in [-0.2, 0) is 9.53 Å². The third-order valence-corrected chi connectivity index (χ3v) is 3.98.